The second-order valence-electron chi connectivity index (χ2n) is 3.17. The Kier molecular flexibility index (Phi) is 3.29. The lowest BCUT2D eigenvalue weighted by molar-refractivity contribution is 0.611. The molecule has 2 heteroatoms. The molecule has 1 aromatic rings. The fraction of sp³-hybridized carbons (Fsp3) is 0.400. The van der Waals surface area contributed by atoms with Gasteiger partial charge in [-0.3, -0.25) is 0 Å². The molecule has 2 N–H and O–H groups in total. The van der Waals surface area contributed by atoms with Crippen molar-refractivity contribution in [3.8, 4) is 0 Å². The number of nitrogens with two attached hydrogens (primary N) is 1. The Hall–Kier alpha value is -0.340. The zero-order valence-corrected chi connectivity index (χ0v) is 9.01. The van der Waals surface area contributed by atoms with Gasteiger partial charge in [-0.15, -0.1) is 0 Å². The molecule has 0 saturated heterocycles. The molecule has 0 heterocycles. The summed E-state index contributed by atoms with van der Waals surface area (Å²) in [6.45, 7) is 4.18. The van der Waals surface area contributed by atoms with Crippen molar-refractivity contribution in [2.45, 2.75) is 25.8 Å². The predicted octanol–water partition coefficient (Wildman–Crippen LogP) is 2.90. The molecule has 0 aromatic heterocycles. The second-order valence-corrected chi connectivity index (χ2v) is 4.02. The van der Waals surface area contributed by atoms with Crippen LogP contribution in [-0.2, 0) is 0 Å². The summed E-state index contributed by atoms with van der Waals surface area (Å²) in [5, 5.41) is 0. The van der Waals surface area contributed by atoms with Crippen molar-refractivity contribution in [1.29, 1.82) is 0 Å². The minimum Gasteiger partial charge on any atom is -0.327 e. The average Bonchev–Trinajstić information content (AvgIpc) is 2.04. The number of benzene rings is 1. The number of hydrogen-bond acceptors (Lipinski definition) is 1. The minimum absolute atomic E-state index is 0.198. The summed E-state index contributed by atoms with van der Waals surface area (Å²) in [7, 11) is 0. The third kappa shape index (κ3) is 2.08. The zero-order chi connectivity index (χ0) is 9.14. The standard InChI is InChI=1S/C10H14BrN/c1-7(8(2)12)9-5-3-4-6-10(9)11/h3-8H,12H2,1-2H3. The highest BCUT2D eigenvalue weighted by atomic mass is 79.9. The summed E-state index contributed by atoms with van der Waals surface area (Å²) in [5.74, 6) is 0.403. The van der Waals surface area contributed by atoms with E-state index in [2.05, 4.69) is 28.9 Å². The summed E-state index contributed by atoms with van der Waals surface area (Å²) < 4.78 is 1.15. The molecular weight excluding hydrogens is 214 g/mol. The first-order valence-electron chi connectivity index (χ1n) is 4.13. The molecular formula is C10H14BrN. The summed E-state index contributed by atoms with van der Waals surface area (Å²) in [6, 6.07) is 8.41. The smallest absolute Gasteiger partial charge is 0.0210 e. The van der Waals surface area contributed by atoms with Crippen LogP contribution in [0.5, 0.6) is 0 Å². The Morgan fingerprint density at radius 3 is 2.33 bits per heavy atom. The largest absolute Gasteiger partial charge is 0.327 e. The normalized spacial score (nSPS) is 15.7. The van der Waals surface area contributed by atoms with E-state index in [-0.39, 0.29) is 6.04 Å². The molecule has 0 saturated carbocycles. The first-order valence-corrected chi connectivity index (χ1v) is 4.92. The summed E-state index contributed by atoms with van der Waals surface area (Å²) >= 11 is 3.51. The molecule has 0 aliphatic carbocycles. The summed E-state index contributed by atoms with van der Waals surface area (Å²) in [5.41, 5.74) is 7.10. The van der Waals surface area contributed by atoms with Gasteiger partial charge < -0.3 is 5.73 Å². The van der Waals surface area contributed by atoms with Gasteiger partial charge in [-0.1, -0.05) is 41.1 Å². The highest BCUT2D eigenvalue weighted by Gasteiger charge is 2.11. The third-order valence-corrected chi connectivity index (χ3v) is 2.91. The quantitative estimate of drug-likeness (QED) is 0.827. The van der Waals surface area contributed by atoms with Crippen LogP contribution in [0, 0.1) is 0 Å². The number of hydrogen-bond donors (Lipinski definition) is 1. The van der Waals surface area contributed by atoms with Crippen molar-refractivity contribution in [3.63, 3.8) is 0 Å². The van der Waals surface area contributed by atoms with Crippen LogP contribution in [0.15, 0.2) is 28.7 Å². The zero-order valence-electron chi connectivity index (χ0n) is 7.42. The van der Waals surface area contributed by atoms with Gasteiger partial charge in [0, 0.05) is 10.5 Å². The van der Waals surface area contributed by atoms with E-state index in [1.807, 2.05) is 25.1 Å². The van der Waals surface area contributed by atoms with Crippen molar-refractivity contribution >= 4 is 15.9 Å². The molecule has 2 atom stereocenters. The first-order chi connectivity index (χ1) is 5.63. The maximum Gasteiger partial charge on any atom is 0.0210 e. The molecule has 2 unspecified atom stereocenters. The van der Waals surface area contributed by atoms with Crippen molar-refractivity contribution in [2.75, 3.05) is 0 Å². The van der Waals surface area contributed by atoms with Gasteiger partial charge in [-0.2, -0.15) is 0 Å². The summed E-state index contributed by atoms with van der Waals surface area (Å²) in [6.07, 6.45) is 0. The van der Waals surface area contributed by atoms with E-state index in [0.717, 1.165) is 4.47 Å². The average molecular weight is 228 g/mol. The molecule has 0 radical (unpaired) electrons. The van der Waals surface area contributed by atoms with E-state index in [4.69, 9.17) is 5.73 Å². The molecule has 0 bridgehead atoms. The van der Waals surface area contributed by atoms with Gasteiger partial charge in [0.2, 0.25) is 0 Å². The van der Waals surface area contributed by atoms with E-state index in [1.54, 1.807) is 0 Å². The molecule has 12 heavy (non-hydrogen) atoms. The van der Waals surface area contributed by atoms with Crippen LogP contribution in [0.3, 0.4) is 0 Å². The Morgan fingerprint density at radius 1 is 1.25 bits per heavy atom. The van der Waals surface area contributed by atoms with Gasteiger partial charge in [0.1, 0.15) is 0 Å². The van der Waals surface area contributed by atoms with E-state index < -0.39 is 0 Å². The van der Waals surface area contributed by atoms with Crippen LogP contribution < -0.4 is 5.73 Å². The fourth-order valence-electron chi connectivity index (χ4n) is 1.13. The Bertz CT molecular complexity index is 258. The van der Waals surface area contributed by atoms with Crippen molar-refractivity contribution in [1.82, 2.24) is 0 Å². The molecule has 1 nitrogen and oxygen atoms in total. The molecule has 0 aliphatic rings. The lowest BCUT2D eigenvalue weighted by Gasteiger charge is -2.17. The predicted molar refractivity (Wildman–Crippen MR) is 56.2 cm³/mol. The lowest BCUT2D eigenvalue weighted by atomic mass is 9.95. The molecule has 1 rings (SSSR count). The molecule has 1 aromatic carbocycles. The van der Waals surface area contributed by atoms with Crippen molar-refractivity contribution in [3.05, 3.63) is 34.3 Å². The molecule has 0 fully saturated rings. The maximum absolute atomic E-state index is 5.82. The van der Waals surface area contributed by atoms with Crippen molar-refractivity contribution < 1.29 is 0 Å². The SMILES string of the molecule is CC(N)C(C)c1ccccc1Br. The van der Waals surface area contributed by atoms with Crippen molar-refractivity contribution in [2.24, 2.45) is 5.73 Å². The van der Waals surface area contributed by atoms with Crippen LogP contribution in [-0.4, -0.2) is 6.04 Å². The lowest BCUT2D eigenvalue weighted by Crippen LogP contribution is -2.22. The topological polar surface area (TPSA) is 26.0 Å². The van der Waals surface area contributed by atoms with Crippen LogP contribution >= 0.6 is 15.9 Å². The highest BCUT2D eigenvalue weighted by Crippen LogP contribution is 2.25. The first kappa shape index (κ1) is 9.75. The molecule has 66 valence electrons. The van der Waals surface area contributed by atoms with Crippen LogP contribution in [0.4, 0.5) is 0 Å². The maximum atomic E-state index is 5.82. The Labute approximate surface area is 82.1 Å². The number of halogens is 1. The van der Waals surface area contributed by atoms with Gasteiger partial charge in [-0.25, -0.2) is 0 Å². The van der Waals surface area contributed by atoms with Gasteiger partial charge in [0.05, 0.1) is 0 Å². The van der Waals surface area contributed by atoms with Crippen LogP contribution in [0.1, 0.15) is 25.3 Å². The number of rotatable bonds is 2. The van der Waals surface area contributed by atoms with Gasteiger partial charge >= 0.3 is 0 Å². The van der Waals surface area contributed by atoms with Gasteiger partial charge in [-0.05, 0) is 24.5 Å². The van der Waals surface area contributed by atoms with Crippen LogP contribution in [0.2, 0.25) is 0 Å². The second kappa shape index (κ2) is 4.06. The summed E-state index contributed by atoms with van der Waals surface area (Å²) in [4.78, 5) is 0. The van der Waals surface area contributed by atoms with E-state index in [0.29, 0.717) is 5.92 Å². The van der Waals surface area contributed by atoms with Crippen LogP contribution in [0.25, 0.3) is 0 Å². The molecule has 0 amide bonds. The monoisotopic (exact) mass is 227 g/mol. The van der Waals surface area contributed by atoms with E-state index in [1.165, 1.54) is 5.56 Å². The van der Waals surface area contributed by atoms with E-state index in [9.17, 15) is 0 Å². The Balaban J connectivity index is 2.94. The van der Waals surface area contributed by atoms with E-state index >= 15 is 0 Å². The van der Waals surface area contributed by atoms with Gasteiger partial charge in [0.15, 0.2) is 0 Å². The minimum atomic E-state index is 0.198. The highest BCUT2D eigenvalue weighted by molar-refractivity contribution is 9.10. The third-order valence-electron chi connectivity index (χ3n) is 2.18. The molecule has 0 aliphatic heterocycles. The Morgan fingerprint density at radius 2 is 1.83 bits per heavy atom. The van der Waals surface area contributed by atoms with Gasteiger partial charge in [0.25, 0.3) is 0 Å². The molecule has 0 spiro atoms. The fourth-order valence-corrected chi connectivity index (χ4v) is 1.77.